The standard InChI is InChI=1S/C15H18BrN3O/c1-12(6-7-17)18-8-10-19(11-9-18)15(20)13-2-4-14(16)5-3-13/h2-5,12H,6,8-11H2,1H3/t12-/m0/s1. The topological polar surface area (TPSA) is 47.3 Å². The summed E-state index contributed by atoms with van der Waals surface area (Å²) in [5.74, 6) is 0.0880. The molecule has 1 saturated heterocycles. The molecule has 1 heterocycles. The van der Waals surface area contributed by atoms with Crippen molar-refractivity contribution in [2.75, 3.05) is 26.2 Å². The van der Waals surface area contributed by atoms with E-state index in [1.54, 1.807) is 0 Å². The molecule has 1 aliphatic rings. The van der Waals surface area contributed by atoms with E-state index in [-0.39, 0.29) is 11.9 Å². The van der Waals surface area contributed by atoms with Gasteiger partial charge in [0.15, 0.2) is 0 Å². The Morgan fingerprint density at radius 3 is 2.45 bits per heavy atom. The van der Waals surface area contributed by atoms with E-state index in [4.69, 9.17) is 5.26 Å². The summed E-state index contributed by atoms with van der Waals surface area (Å²) < 4.78 is 0.976. The molecule has 1 aromatic carbocycles. The maximum atomic E-state index is 12.4. The van der Waals surface area contributed by atoms with Crippen molar-refractivity contribution >= 4 is 21.8 Å². The van der Waals surface area contributed by atoms with Gasteiger partial charge in [-0.2, -0.15) is 5.26 Å². The van der Waals surface area contributed by atoms with Gasteiger partial charge in [-0.15, -0.1) is 0 Å². The van der Waals surface area contributed by atoms with Crippen LogP contribution in [0.2, 0.25) is 0 Å². The van der Waals surface area contributed by atoms with Crippen LogP contribution < -0.4 is 0 Å². The molecule has 0 unspecified atom stereocenters. The molecule has 0 aliphatic carbocycles. The van der Waals surface area contributed by atoms with Crippen molar-refractivity contribution in [3.8, 4) is 6.07 Å². The maximum Gasteiger partial charge on any atom is 0.253 e. The van der Waals surface area contributed by atoms with Crippen LogP contribution >= 0.6 is 15.9 Å². The molecule has 4 nitrogen and oxygen atoms in total. The van der Waals surface area contributed by atoms with Crippen LogP contribution in [0, 0.1) is 11.3 Å². The largest absolute Gasteiger partial charge is 0.336 e. The van der Waals surface area contributed by atoms with Crippen LogP contribution in [0.1, 0.15) is 23.7 Å². The minimum atomic E-state index is 0.0880. The quantitative estimate of drug-likeness (QED) is 0.852. The third kappa shape index (κ3) is 3.59. The van der Waals surface area contributed by atoms with Gasteiger partial charge in [-0.25, -0.2) is 0 Å². The smallest absolute Gasteiger partial charge is 0.253 e. The predicted molar refractivity (Wildman–Crippen MR) is 81.3 cm³/mol. The number of nitriles is 1. The zero-order valence-electron chi connectivity index (χ0n) is 11.6. The van der Waals surface area contributed by atoms with Gasteiger partial charge in [0.05, 0.1) is 12.5 Å². The van der Waals surface area contributed by atoms with E-state index < -0.39 is 0 Å². The predicted octanol–water partition coefficient (Wildman–Crippen LogP) is 2.51. The van der Waals surface area contributed by atoms with Crippen molar-refractivity contribution < 1.29 is 4.79 Å². The van der Waals surface area contributed by atoms with E-state index in [0.29, 0.717) is 6.42 Å². The Morgan fingerprint density at radius 2 is 1.90 bits per heavy atom. The van der Waals surface area contributed by atoms with Crippen LogP contribution in [0.15, 0.2) is 28.7 Å². The van der Waals surface area contributed by atoms with Crippen LogP contribution in [0.5, 0.6) is 0 Å². The van der Waals surface area contributed by atoms with Gasteiger partial charge in [-0.05, 0) is 31.2 Å². The van der Waals surface area contributed by atoms with Crippen LogP contribution in [0.25, 0.3) is 0 Å². The highest BCUT2D eigenvalue weighted by Gasteiger charge is 2.24. The number of benzene rings is 1. The third-order valence-corrected chi connectivity index (χ3v) is 4.23. The number of hydrogen-bond donors (Lipinski definition) is 0. The SMILES string of the molecule is C[C@@H](CC#N)N1CCN(C(=O)c2ccc(Br)cc2)CC1. The van der Waals surface area contributed by atoms with E-state index in [1.165, 1.54) is 0 Å². The van der Waals surface area contributed by atoms with E-state index in [0.717, 1.165) is 36.2 Å². The Morgan fingerprint density at radius 1 is 1.30 bits per heavy atom. The fourth-order valence-corrected chi connectivity index (χ4v) is 2.67. The molecule has 0 spiro atoms. The number of amides is 1. The van der Waals surface area contributed by atoms with Crippen molar-refractivity contribution in [3.05, 3.63) is 34.3 Å². The molecule has 1 aliphatic heterocycles. The van der Waals surface area contributed by atoms with Gasteiger partial charge in [0.1, 0.15) is 0 Å². The number of rotatable bonds is 3. The molecule has 20 heavy (non-hydrogen) atoms. The lowest BCUT2D eigenvalue weighted by molar-refractivity contribution is 0.0586. The molecular formula is C15H18BrN3O. The summed E-state index contributed by atoms with van der Waals surface area (Å²) in [6.07, 6.45) is 0.542. The van der Waals surface area contributed by atoms with Crippen molar-refractivity contribution in [1.82, 2.24) is 9.80 Å². The van der Waals surface area contributed by atoms with Crippen molar-refractivity contribution in [1.29, 1.82) is 5.26 Å². The van der Waals surface area contributed by atoms with Gasteiger partial charge in [0, 0.05) is 42.3 Å². The molecule has 1 aromatic rings. The first kappa shape index (κ1) is 15.0. The lowest BCUT2D eigenvalue weighted by Gasteiger charge is -2.37. The molecular weight excluding hydrogens is 318 g/mol. The minimum absolute atomic E-state index is 0.0880. The summed E-state index contributed by atoms with van der Waals surface area (Å²) in [6, 6.07) is 9.94. The van der Waals surface area contributed by atoms with E-state index in [1.807, 2.05) is 29.2 Å². The second-order valence-corrected chi connectivity index (χ2v) is 5.96. The van der Waals surface area contributed by atoms with Gasteiger partial charge < -0.3 is 4.90 Å². The Kier molecular flexibility index (Phi) is 5.16. The molecule has 106 valence electrons. The second kappa shape index (κ2) is 6.87. The number of nitrogens with zero attached hydrogens (tertiary/aromatic N) is 3. The Hall–Kier alpha value is -1.38. The first-order valence-corrected chi connectivity index (χ1v) is 7.57. The molecule has 1 atom stereocenters. The van der Waals surface area contributed by atoms with Crippen LogP contribution in [0.3, 0.4) is 0 Å². The molecule has 0 radical (unpaired) electrons. The van der Waals surface area contributed by atoms with Gasteiger partial charge in [0.2, 0.25) is 0 Å². The summed E-state index contributed by atoms with van der Waals surface area (Å²) in [5.41, 5.74) is 0.728. The van der Waals surface area contributed by atoms with Crippen molar-refractivity contribution in [2.24, 2.45) is 0 Å². The molecule has 5 heteroatoms. The van der Waals surface area contributed by atoms with Gasteiger partial charge in [-0.3, -0.25) is 9.69 Å². The molecule has 0 aromatic heterocycles. The maximum absolute atomic E-state index is 12.4. The fourth-order valence-electron chi connectivity index (χ4n) is 2.40. The monoisotopic (exact) mass is 335 g/mol. The van der Waals surface area contributed by atoms with Crippen LogP contribution in [-0.2, 0) is 0 Å². The lowest BCUT2D eigenvalue weighted by Crippen LogP contribution is -2.51. The zero-order valence-corrected chi connectivity index (χ0v) is 13.1. The molecule has 1 amide bonds. The van der Waals surface area contributed by atoms with Crippen molar-refractivity contribution in [3.63, 3.8) is 0 Å². The highest BCUT2D eigenvalue weighted by atomic mass is 79.9. The summed E-state index contributed by atoms with van der Waals surface area (Å²) in [7, 11) is 0. The summed E-state index contributed by atoms with van der Waals surface area (Å²) in [6.45, 7) is 5.20. The Balaban J connectivity index is 1.92. The second-order valence-electron chi connectivity index (χ2n) is 5.05. The van der Waals surface area contributed by atoms with Gasteiger partial charge in [0.25, 0.3) is 5.91 Å². The van der Waals surface area contributed by atoms with Crippen LogP contribution in [0.4, 0.5) is 0 Å². The molecule has 0 bridgehead atoms. The average molecular weight is 336 g/mol. The summed E-state index contributed by atoms with van der Waals surface area (Å²) in [4.78, 5) is 16.5. The van der Waals surface area contributed by atoms with E-state index in [2.05, 4.69) is 33.8 Å². The van der Waals surface area contributed by atoms with Gasteiger partial charge >= 0.3 is 0 Å². The normalized spacial score (nSPS) is 17.6. The van der Waals surface area contributed by atoms with Crippen molar-refractivity contribution in [2.45, 2.75) is 19.4 Å². The molecule has 1 fully saturated rings. The number of carbonyl (C=O) groups excluding carboxylic acids is 1. The third-order valence-electron chi connectivity index (χ3n) is 3.70. The van der Waals surface area contributed by atoms with E-state index in [9.17, 15) is 4.79 Å². The zero-order chi connectivity index (χ0) is 14.5. The fraction of sp³-hybridized carbons (Fsp3) is 0.467. The number of carbonyl (C=O) groups is 1. The lowest BCUT2D eigenvalue weighted by atomic mass is 10.1. The average Bonchev–Trinajstić information content (AvgIpc) is 2.48. The Bertz CT molecular complexity index is 501. The molecule has 2 rings (SSSR count). The summed E-state index contributed by atoms with van der Waals surface area (Å²) >= 11 is 3.37. The first-order valence-electron chi connectivity index (χ1n) is 6.77. The summed E-state index contributed by atoms with van der Waals surface area (Å²) in [5, 5.41) is 8.73. The minimum Gasteiger partial charge on any atom is -0.336 e. The number of piperazine rings is 1. The molecule has 0 N–H and O–H groups in total. The molecule has 0 saturated carbocycles. The van der Waals surface area contributed by atoms with E-state index >= 15 is 0 Å². The Labute approximate surface area is 128 Å². The highest BCUT2D eigenvalue weighted by molar-refractivity contribution is 9.10. The van der Waals surface area contributed by atoms with Gasteiger partial charge in [-0.1, -0.05) is 15.9 Å². The number of hydrogen-bond acceptors (Lipinski definition) is 3. The first-order chi connectivity index (χ1) is 9.61. The number of halogens is 1. The highest BCUT2D eigenvalue weighted by Crippen LogP contribution is 2.15. The van der Waals surface area contributed by atoms with Crippen LogP contribution in [-0.4, -0.2) is 47.9 Å².